The van der Waals surface area contributed by atoms with E-state index in [1.807, 2.05) is 20.8 Å². The number of hydrogen-bond donors (Lipinski definition) is 3. The largest absolute Gasteiger partial charge is 0.478 e. The summed E-state index contributed by atoms with van der Waals surface area (Å²) < 4.78 is 5.28. The summed E-state index contributed by atoms with van der Waals surface area (Å²) in [5, 5.41) is 18.9. The highest BCUT2D eigenvalue weighted by atomic mass is 16.6. The third kappa shape index (κ3) is 10.7. The second-order valence-electron chi connectivity index (χ2n) is 5.79. The number of amides is 1. The molecule has 0 aromatic carbocycles. The molecule has 0 saturated carbocycles. The van der Waals surface area contributed by atoms with Crippen molar-refractivity contribution in [2.24, 2.45) is 0 Å². The molecule has 1 heterocycles. The molecule has 1 fully saturated rings. The molecule has 3 N–H and O–H groups in total. The minimum absolute atomic E-state index is 0.203. The maximum Gasteiger partial charge on any atom is 0.410 e. The SMILES string of the molecule is C[C@H]1CN(C(=O)OC(C)(C)C)CCN1.O=C(O)C=CC(=O)O. The van der Waals surface area contributed by atoms with E-state index in [4.69, 9.17) is 14.9 Å². The van der Waals surface area contributed by atoms with Crippen molar-refractivity contribution in [2.75, 3.05) is 19.6 Å². The molecule has 1 aliphatic heterocycles. The lowest BCUT2D eigenvalue weighted by molar-refractivity contribution is -0.134. The Morgan fingerprint density at radius 1 is 1.18 bits per heavy atom. The third-order valence-corrected chi connectivity index (χ3v) is 2.39. The van der Waals surface area contributed by atoms with Crippen molar-refractivity contribution >= 4 is 18.0 Å². The molecule has 22 heavy (non-hydrogen) atoms. The highest BCUT2D eigenvalue weighted by Gasteiger charge is 2.25. The number of carboxylic acids is 2. The van der Waals surface area contributed by atoms with Crippen LogP contribution in [0.4, 0.5) is 4.79 Å². The van der Waals surface area contributed by atoms with Gasteiger partial charge >= 0.3 is 18.0 Å². The van der Waals surface area contributed by atoms with Gasteiger partial charge in [0, 0.05) is 37.8 Å². The first kappa shape index (κ1) is 19.9. The first-order chi connectivity index (χ1) is 10.0. The van der Waals surface area contributed by atoms with Crippen molar-refractivity contribution in [2.45, 2.75) is 39.3 Å². The van der Waals surface area contributed by atoms with Crippen molar-refractivity contribution < 1.29 is 29.3 Å². The Kier molecular flexibility index (Phi) is 8.18. The lowest BCUT2D eigenvalue weighted by Crippen LogP contribution is -2.52. The number of piperazine rings is 1. The van der Waals surface area contributed by atoms with Crippen LogP contribution < -0.4 is 5.32 Å². The molecule has 8 heteroatoms. The molecule has 0 bridgehead atoms. The van der Waals surface area contributed by atoms with Gasteiger partial charge in [-0.1, -0.05) is 0 Å². The summed E-state index contributed by atoms with van der Waals surface area (Å²) in [5.41, 5.74) is -0.398. The highest BCUT2D eigenvalue weighted by Crippen LogP contribution is 2.11. The van der Waals surface area contributed by atoms with Crippen molar-refractivity contribution in [3.63, 3.8) is 0 Å². The molecule has 0 aromatic heterocycles. The van der Waals surface area contributed by atoms with E-state index in [-0.39, 0.29) is 6.09 Å². The van der Waals surface area contributed by atoms with Crippen molar-refractivity contribution in [1.29, 1.82) is 0 Å². The van der Waals surface area contributed by atoms with E-state index in [0.717, 1.165) is 19.6 Å². The van der Waals surface area contributed by atoms with Crippen LogP contribution in [0.3, 0.4) is 0 Å². The Hall–Kier alpha value is -2.09. The van der Waals surface area contributed by atoms with Crippen LogP contribution in [0.1, 0.15) is 27.7 Å². The van der Waals surface area contributed by atoms with E-state index in [0.29, 0.717) is 18.2 Å². The number of carbonyl (C=O) groups is 3. The molecule has 0 aliphatic carbocycles. The minimum atomic E-state index is -1.26. The van der Waals surface area contributed by atoms with Gasteiger partial charge in [-0.15, -0.1) is 0 Å². The van der Waals surface area contributed by atoms with E-state index >= 15 is 0 Å². The average molecular weight is 316 g/mol. The van der Waals surface area contributed by atoms with E-state index in [2.05, 4.69) is 12.2 Å². The molecule has 1 saturated heterocycles. The summed E-state index contributed by atoms with van der Waals surface area (Å²) in [7, 11) is 0. The molecule has 1 rings (SSSR count). The zero-order valence-electron chi connectivity index (χ0n) is 13.3. The number of carbonyl (C=O) groups excluding carboxylic acids is 1. The zero-order valence-corrected chi connectivity index (χ0v) is 13.3. The topological polar surface area (TPSA) is 116 Å². The van der Waals surface area contributed by atoms with Crippen LogP contribution in [0.5, 0.6) is 0 Å². The van der Waals surface area contributed by atoms with Crippen LogP contribution in [0.15, 0.2) is 12.2 Å². The number of nitrogens with zero attached hydrogens (tertiary/aromatic N) is 1. The number of nitrogens with one attached hydrogen (secondary N) is 1. The van der Waals surface area contributed by atoms with E-state index in [9.17, 15) is 14.4 Å². The lowest BCUT2D eigenvalue weighted by atomic mass is 10.2. The third-order valence-electron chi connectivity index (χ3n) is 2.39. The van der Waals surface area contributed by atoms with Crippen LogP contribution in [0.25, 0.3) is 0 Å². The molecule has 0 unspecified atom stereocenters. The summed E-state index contributed by atoms with van der Waals surface area (Å²) in [6.07, 6.45) is 0.913. The van der Waals surface area contributed by atoms with Gasteiger partial charge in [-0.05, 0) is 27.7 Å². The smallest absolute Gasteiger partial charge is 0.410 e. The van der Waals surface area contributed by atoms with Gasteiger partial charge in [-0.25, -0.2) is 14.4 Å². The first-order valence-corrected chi connectivity index (χ1v) is 6.86. The molecule has 1 atom stereocenters. The van der Waals surface area contributed by atoms with Crippen LogP contribution in [-0.4, -0.2) is 64.4 Å². The quantitative estimate of drug-likeness (QED) is 0.649. The predicted molar refractivity (Wildman–Crippen MR) is 79.7 cm³/mol. The normalized spacial score (nSPS) is 18.4. The predicted octanol–water partition coefficient (Wildman–Crippen LogP) is 0.927. The lowest BCUT2D eigenvalue weighted by Gasteiger charge is -2.33. The number of carboxylic acid groups (broad SMARTS) is 2. The van der Waals surface area contributed by atoms with Gasteiger partial charge < -0.3 is 25.2 Å². The molecule has 0 aromatic rings. The van der Waals surface area contributed by atoms with E-state index in [1.54, 1.807) is 4.90 Å². The molecule has 1 aliphatic rings. The average Bonchev–Trinajstić information content (AvgIpc) is 2.35. The van der Waals surface area contributed by atoms with Crippen molar-refractivity contribution in [3.05, 3.63) is 12.2 Å². The van der Waals surface area contributed by atoms with E-state index in [1.165, 1.54) is 0 Å². The van der Waals surface area contributed by atoms with Crippen LogP contribution >= 0.6 is 0 Å². The first-order valence-electron chi connectivity index (χ1n) is 6.86. The number of rotatable bonds is 2. The maximum absolute atomic E-state index is 11.6. The van der Waals surface area contributed by atoms with Gasteiger partial charge in [0.05, 0.1) is 0 Å². The molecular formula is C14H24N2O6. The Balaban J connectivity index is 0.000000472. The van der Waals surface area contributed by atoms with Gasteiger partial charge in [-0.2, -0.15) is 0 Å². The van der Waals surface area contributed by atoms with Crippen molar-refractivity contribution in [3.8, 4) is 0 Å². The van der Waals surface area contributed by atoms with Gasteiger partial charge in [0.1, 0.15) is 5.60 Å². The molecule has 1 amide bonds. The summed E-state index contributed by atoms with van der Waals surface area (Å²) in [4.78, 5) is 32.5. The fourth-order valence-electron chi connectivity index (χ4n) is 1.57. The second-order valence-corrected chi connectivity index (χ2v) is 5.79. The zero-order chi connectivity index (χ0) is 17.3. The van der Waals surface area contributed by atoms with Crippen molar-refractivity contribution in [1.82, 2.24) is 10.2 Å². The van der Waals surface area contributed by atoms with Gasteiger partial charge in [0.15, 0.2) is 0 Å². The fourth-order valence-corrected chi connectivity index (χ4v) is 1.57. The van der Waals surface area contributed by atoms with Gasteiger partial charge in [0.25, 0.3) is 0 Å². The monoisotopic (exact) mass is 316 g/mol. The Morgan fingerprint density at radius 2 is 1.68 bits per heavy atom. The standard InChI is InChI=1S/C10H20N2O2.C4H4O4/c1-8-7-12(6-5-11-8)9(13)14-10(2,3)4;5-3(6)1-2-4(7)8/h8,11H,5-7H2,1-4H3;1-2H,(H,5,6)(H,7,8)/t8-;/m0./s1. The number of aliphatic carboxylic acids is 2. The minimum Gasteiger partial charge on any atom is -0.478 e. The Labute approximate surface area is 129 Å². The summed E-state index contributed by atoms with van der Waals surface area (Å²) in [6.45, 7) is 10.0. The number of hydrogen-bond acceptors (Lipinski definition) is 5. The summed E-state index contributed by atoms with van der Waals surface area (Å²) in [6, 6.07) is 0.358. The Morgan fingerprint density at radius 3 is 2.05 bits per heavy atom. The molecular weight excluding hydrogens is 292 g/mol. The summed E-state index contributed by atoms with van der Waals surface area (Å²) >= 11 is 0. The van der Waals surface area contributed by atoms with Crippen LogP contribution in [-0.2, 0) is 14.3 Å². The fraction of sp³-hybridized carbons (Fsp3) is 0.643. The summed E-state index contributed by atoms with van der Waals surface area (Å²) in [5.74, 6) is -2.51. The van der Waals surface area contributed by atoms with E-state index < -0.39 is 17.5 Å². The molecule has 126 valence electrons. The molecule has 8 nitrogen and oxygen atoms in total. The molecule has 0 radical (unpaired) electrons. The maximum atomic E-state index is 11.6. The van der Waals surface area contributed by atoms with Gasteiger partial charge in [0.2, 0.25) is 0 Å². The molecule has 0 spiro atoms. The second kappa shape index (κ2) is 9.04. The van der Waals surface area contributed by atoms with Crippen LogP contribution in [0.2, 0.25) is 0 Å². The Bertz CT molecular complexity index is 412. The highest BCUT2D eigenvalue weighted by molar-refractivity contribution is 5.89. The van der Waals surface area contributed by atoms with Crippen LogP contribution in [0, 0.1) is 0 Å². The van der Waals surface area contributed by atoms with Gasteiger partial charge in [-0.3, -0.25) is 0 Å². The number of ether oxygens (including phenoxy) is 1.